The van der Waals surface area contributed by atoms with E-state index in [2.05, 4.69) is 48.2 Å². The SMILES string of the molecule is CN=C(NCCCN(C(C)C)C(C)C)NCc1ccc(N2CCOCC2)c(F)c1. The fraction of sp³-hybridized carbons (Fsp3) is 0.682. The van der Waals surface area contributed by atoms with Gasteiger partial charge in [0, 0.05) is 51.9 Å². The summed E-state index contributed by atoms with van der Waals surface area (Å²) in [5.41, 5.74) is 1.55. The molecule has 1 aliphatic heterocycles. The van der Waals surface area contributed by atoms with Crippen LogP contribution >= 0.6 is 0 Å². The first-order valence-corrected chi connectivity index (χ1v) is 10.7. The average Bonchev–Trinajstić information content (AvgIpc) is 2.70. The molecule has 1 aromatic carbocycles. The molecule has 1 aromatic rings. The molecule has 2 N–H and O–H groups in total. The van der Waals surface area contributed by atoms with E-state index in [1.807, 2.05) is 17.0 Å². The van der Waals surface area contributed by atoms with Gasteiger partial charge in [-0.05, 0) is 51.8 Å². The van der Waals surface area contributed by atoms with Gasteiger partial charge in [0.25, 0.3) is 0 Å². The van der Waals surface area contributed by atoms with Crippen molar-refractivity contribution in [2.75, 3.05) is 51.3 Å². The summed E-state index contributed by atoms with van der Waals surface area (Å²) in [5.74, 6) is 0.555. The van der Waals surface area contributed by atoms with Crippen molar-refractivity contribution in [1.82, 2.24) is 15.5 Å². The summed E-state index contributed by atoms with van der Waals surface area (Å²) in [7, 11) is 1.76. The molecule has 0 radical (unpaired) electrons. The van der Waals surface area contributed by atoms with Crippen molar-refractivity contribution in [3.05, 3.63) is 29.6 Å². The molecule has 1 heterocycles. The molecule has 0 bridgehead atoms. The van der Waals surface area contributed by atoms with Crippen LogP contribution in [-0.2, 0) is 11.3 Å². The van der Waals surface area contributed by atoms with E-state index in [0.29, 0.717) is 37.5 Å². The van der Waals surface area contributed by atoms with Crippen molar-refractivity contribution in [1.29, 1.82) is 0 Å². The highest BCUT2D eigenvalue weighted by atomic mass is 19.1. The molecular weight excluding hydrogens is 369 g/mol. The van der Waals surface area contributed by atoms with Crippen molar-refractivity contribution in [2.45, 2.75) is 52.7 Å². The topological polar surface area (TPSA) is 52.1 Å². The van der Waals surface area contributed by atoms with E-state index >= 15 is 0 Å². The largest absolute Gasteiger partial charge is 0.378 e. The Balaban J connectivity index is 1.78. The fourth-order valence-corrected chi connectivity index (χ4v) is 3.71. The molecule has 0 amide bonds. The summed E-state index contributed by atoms with van der Waals surface area (Å²) in [4.78, 5) is 8.79. The molecule has 0 spiro atoms. The van der Waals surface area contributed by atoms with Crippen molar-refractivity contribution in [3.63, 3.8) is 0 Å². The molecular formula is C22H38FN5O. The maximum atomic E-state index is 14.5. The summed E-state index contributed by atoms with van der Waals surface area (Å²) >= 11 is 0. The zero-order chi connectivity index (χ0) is 21.2. The minimum atomic E-state index is -0.184. The first-order valence-electron chi connectivity index (χ1n) is 10.7. The Labute approximate surface area is 175 Å². The molecule has 1 fully saturated rings. The van der Waals surface area contributed by atoms with Crippen LogP contribution in [0.3, 0.4) is 0 Å². The monoisotopic (exact) mass is 407 g/mol. The number of hydrogen-bond acceptors (Lipinski definition) is 4. The normalized spacial score (nSPS) is 15.5. The number of aliphatic imine (C=N–C) groups is 1. The first-order chi connectivity index (χ1) is 13.9. The predicted octanol–water partition coefficient (Wildman–Crippen LogP) is 2.84. The number of morpholine rings is 1. The lowest BCUT2D eigenvalue weighted by Crippen LogP contribution is -2.41. The summed E-state index contributed by atoms with van der Waals surface area (Å²) in [6.45, 7) is 14.1. The number of benzene rings is 1. The van der Waals surface area contributed by atoms with Crippen molar-refractivity contribution < 1.29 is 9.13 Å². The van der Waals surface area contributed by atoms with Crippen LogP contribution in [0.2, 0.25) is 0 Å². The van der Waals surface area contributed by atoms with E-state index in [9.17, 15) is 4.39 Å². The number of guanidine groups is 1. The summed E-state index contributed by atoms with van der Waals surface area (Å²) in [6.07, 6.45) is 1.04. The van der Waals surface area contributed by atoms with Crippen LogP contribution in [-0.4, -0.2) is 69.4 Å². The lowest BCUT2D eigenvalue weighted by atomic mass is 10.1. The van der Waals surface area contributed by atoms with Gasteiger partial charge in [-0.3, -0.25) is 9.89 Å². The number of nitrogens with one attached hydrogen (secondary N) is 2. The van der Waals surface area contributed by atoms with Crippen molar-refractivity contribution in [2.24, 2.45) is 4.99 Å². The Morgan fingerprint density at radius 2 is 1.86 bits per heavy atom. The molecule has 1 saturated heterocycles. The lowest BCUT2D eigenvalue weighted by molar-refractivity contribution is 0.122. The van der Waals surface area contributed by atoms with Gasteiger partial charge in [-0.15, -0.1) is 0 Å². The molecule has 164 valence electrons. The molecule has 2 rings (SSSR count). The van der Waals surface area contributed by atoms with Crippen LogP contribution in [0.25, 0.3) is 0 Å². The third kappa shape index (κ3) is 7.48. The second-order valence-electron chi connectivity index (χ2n) is 8.02. The highest BCUT2D eigenvalue weighted by Crippen LogP contribution is 2.21. The van der Waals surface area contributed by atoms with E-state index in [4.69, 9.17) is 4.74 Å². The van der Waals surface area contributed by atoms with Crippen molar-refractivity contribution in [3.8, 4) is 0 Å². The van der Waals surface area contributed by atoms with Gasteiger partial charge in [0.05, 0.1) is 18.9 Å². The number of rotatable bonds is 9. The average molecular weight is 408 g/mol. The minimum absolute atomic E-state index is 0.184. The van der Waals surface area contributed by atoms with E-state index in [1.165, 1.54) is 0 Å². The Morgan fingerprint density at radius 1 is 1.17 bits per heavy atom. The van der Waals surface area contributed by atoms with E-state index in [1.54, 1.807) is 13.1 Å². The minimum Gasteiger partial charge on any atom is -0.378 e. The van der Waals surface area contributed by atoms with Crippen LogP contribution in [0.1, 0.15) is 39.7 Å². The van der Waals surface area contributed by atoms with Crippen LogP contribution in [0, 0.1) is 5.82 Å². The van der Waals surface area contributed by atoms with Gasteiger partial charge in [0.1, 0.15) is 5.82 Å². The van der Waals surface area contributed by atoms with Crippen molar-refractivity contribution >= 4 is 11.6 Å². The second kappa shape index (κ2) is 12.0. The zero-order valence-electron chi connectivity index (χ0n) is 18.7. The maximum Gasteiger partial charge on any atom is 0.191 e. The van der Waals surface area contributed by atoms with E-state index in [-0.39, 0.29) is 5.82 Å². The second-order valence-corrected chi connectivity index (χ2v) is 8.02. The van der Waals surface area contributed by atoms with Gasteiger partial charge in [-0.25, -0.2) is 4.39 Å². The molecule has 6 nitrogen and oxygen atoms in total. The number of nitrogens with zero attached hydrogens (tertiary/aromatic N) is 3. The van der Waals surface area contributed by atoms with Gasteiger partial charge >= 0.3 is 0 Å². The van der Waals surface area contributed by atoms with Crippen LogP contribution < -0.4 is 15.5 Å². The molecule has 0 unspecified atom stereocenters. The Morgan fingerprint density at radius 3 is 2.45 bits per heavy atom. The van der Waals surface area contributed by atoms with Gasteiger partial charge in [0.15, 0.2) is 5.96 Å². The standard InChI is InChI=1S/C22H38FN5O/c1-17(2)28(18(3)4)10-6-9-25-22(24-5)26-16-19-7-8-21(20(23)15-19)27-11-13-29-14-12-27/h7-8,15,17-18H,6,9-14,16H2,1-5H3,(H2,24,25,26). The quantitative estimate of drug-likeness (QED) is 0.375. The van der Waals surface area contributed by atoms with E-state index < -0.39 is 0 Å². The van der Waals surface area contributed by atoms with E-state index in [0.717, 1.165) is 44.1 Å². The third-order valence-electron chi connectivity index (χ3n) is 5.26. The molecule has 29 heavy (non-hydrogen) atoms. The van der Waals surface area contributed by atoms with Crippen LogP contribution in [0.5, 0.6) is 0 Å². The molecule has 0 aromatic heterocycles. The summed E-state index contributed by atoms with van der Waals surface area (Å²) in [5, 5.41) is 6.62. The predicted molar refractivity (Wildman–Crippen MR) is 119 cm³/mol. The lowest BCUT2D eigenvalue weighted by Gasteiger charge is -2.30. The highest BCUT2D eigenvalue weighted by Gasteiger charge is 2.15. The third-order valence-corrected chi connectivity index (χ3v) is 5.26. The van der Waals surface area contributed by atoms with Crippen LogP contribution in [0.4, 0.5) is 10.1 Å². The van der Waals surface area contributed by atoms with Gasteiger partial charge < -0.3 is 20.3 Å². The van der Waals surface area contributed by atoms with Gasteiger partial charge in [-0.1, -0.05) is 6.07 Å². The number of ether oxygens (including phenoxy) is 1. The first kappa shape index (κ1) is 23.4. The molecule has 0 atom stereocenters. The van der Waals surface area contributed by atoms with Gasteiger partial charge in [-0.2, -0.15) is 0 Å². The molecule has 1 aliphatic rings. The van der Waals surface area contributed by atoms with Crippen LogP contribution in [0.15, 0.2) is 23.2 Å². The highest BCUT2D eigenvalue weighted by molar-refractivity contribution is 5.79. The molecule has 0 aliphatic carbocycles. The van der Waals surface area contributed by atoms with Gasteiger partial charge in [0.2, 0.25) is 0 Å². The Bertz CT molecular complexity index is 636. The summed E-state index contributed by atoms with van der Waals surface area (Å²) in [6, 6.07) is 6.52. The molecule has 0 saturated carbocycles. The number of hydrogen-bond donors (Lipinski definition) is 2. The Hall–Kier alpha value is -1.86. The smallest absolute Gasteiger partial charge is 0.191 e. The Kier molecular flexibility index (Phi) is 9.67. The fourth-order valence-electron chi connectivity index (χ4n) is 3.71. The molecule has 7 heteroatoms. The zero-order valence-corrected chi connectivity index (χ0v) is 18.7. The summed E-state index contributed by atoms with van der Waals surface area (Å²) < 4.78 is 19.9. The maximum absolute atomic E-state index is 14.5. The number of anilines is 1. The number of halogens is 1.